The molecule has 3 aromatic rings. The van der Waals surface area contributed by atoms with Crippen LogP contribution in [0.25, 0.3) is 5.78 Å². The number of nitrogens with one attached hydrogen (secondary N) is 1. The van der Waals surface area contributed by atoms with Gasteiger partial charge in [0, 0.05) is 11.3 Å². The fraction of sp³-hybridized carbons (Fsp3) is 0.312. The van der Waals surface area contributed by atoms with E-state index in [1.807, 2.05) is 25.1 Å². The van der Waals surface area contributed by atoms with Gasteiger partial charge >= 0.3 is 0 Å². The molecule has 2 aromatic heterocycles. The van der Waals surface area contributed by atoms with Crippen molar-refractivity contribution in [2.24, 2.45) is 0 Å². The predicted molar refractivity (Wildman–Crippen MR) is 88.8 cm³/mol. The molecule has 6 nitrogen and oxygen atoms in total. The van der Waals surface area contributed by atoms with E-state index >= 15 is 0 Å². The molecule has 0 spiro atoms. The maximum absolute atomic E-state index is 6.22. The minimum atomic E-state index is 0.564. The lowest BCUT2D eigenvalue weighted by Gasteiger charge is -2.13. The average molecular weight is 330 g/mol. The summed E-state index contributed by atoms with van der Waals surface area (Å²) in [5, 5.41) is 8.46. The molecule has 0 unspecified atom stereocenters. The van der Waals surface area contributed by atoms with Crippen molar-refractivity contribution in [2.75, 3.05) is 12.4 Å². The van der Waals surface area contributed by atoms with Crippen molar-refractivity contribution in [3.8, 4) is 5.75 Å². The third-order valence-corrected chi connectivity index (χ3v) is 4.33. The van der Waals surface area contributed by atoms with E-state index in [4.69, 9.17) is 16.3 Å². The van der Waals surface area contributed by atoms with Gasteiger partial charge in [-0.1, -0.05) is 11.6 Å². The van der Waals surface area contributed by atoms with Crippen molar-refractivity contribution >= 4 is 28.9 Å². The Bertz CT molecular complexity index is 905. The van der Waals surface area contributed by atoms with Crippen molar-refractivity contribution in [1.82, 2.24) is 19.6 Å². The predicted octanol–water partition coefficient (Wildman–Crippen LogP) is 3.33. The molecule has 7 heteroatoms. The van der Waals surface area contributed by atoms with Crippen molar-refractivity contribution in [3.63, 3.8) is 0 Å². The molecule has 0 saturated carbocycles. The zero-order valence-electron chi connectivity index (χ0n) is 12.9. The van der Waals surface area contributed by atoms with Crippen LogP contribution in [0.4, 0.5) is 11.5 Å². The Labute approximate surface area is 138 Å². The van der Waals surface area contributed by atoms with Crippen molar-refractivity contribution in [3.05, 3.63) is 40.3 Å². The van der Waals surface area contributed by atoms with Gasteiger partial charge < -0.3 is 10.1 Å². The monoisotopic (exact) mass is 329 g/mol. The molecular weight excluding hydrogens is 314 g/mol. The van der Waals surface area contributed by atoms with Crippen LogP contribution >= 0.6 is 11.6 Å². The average Bonchev–Trinajstić information content (AvgIpc) is 3.12. The minimum Gasteiger partial charge on any atom is -0.495 e. The quantitative estimate of drug-likeness (QED) is 0.798. The molecule has 0 bridgehead atoms. The van der Waals surface area contributed by atoms with Crippen LogP contribution in [0.1, 0.15) is 23.5 Å². The normalized spacial score (nSPS) is 13.3. The van der Waals surface area contributed by atoms with Gasteiger partial charge in [-0.05, 0) is 44.4 Å². The van der Waals surface area contributed by atoms with Gasteiger partial charge in [-0.2, -0.15) is 9.50 Å². The van der Waals surface area contributed by atoms with Crippen molar-refractivity contribution < 1.29 is 4.74 Å². The number of ether oxygens (including phenoxy) is 1. The van der Waals surface area contributed by atoms with Gasteiger partial charge in [0.1, 0.15) is 17.4 Å². The number of aryl methyl sites for hydroxylation is 2. The summed E-state index contributed by atoms with van der Waals surface area (Å²) in [5.41, 5.74) is 3.19. The van der Waals surface area contributed by atoms with E-state index in [9.17, 15) is 0 Å². The Morgan fingerprint density at radius 3 is 2.91 bits per heavy atom. The fourth-order valence-electron chi connectivity index (χ4n) is 2.99. The van der Waals surface area contributed by atoms with Gasteiger partial charge in [-0.25, -0.2) is 4.98 Å². The molecule has 1 aliphatic carbocycles. The summed E-state index contributed by atoms with van der Waals surface area (Å²) in [5.74, 6) is 2.91. The minimum absolute atomic E-state index is 0.564. The van der Waals surface area contributed by atoms with Gasteiger partial charge in [0.25, 0.3) is 5.78 Å². The van der Waals surface area contributed by atoms with E-state index < -0.39 is 0 Å². The van der Waals surface area contributed by atoms with Crippen LogP contribution in [0.5, 0.6) is 5.75 Å². The summed E-state index contributed by atoms with van der Waals surface area (Å²) in [7, 11) is 1.60. The van der Waals surface area contributed by atoms with Crippen LogP contribution in [-0.4, -0.2) is 26.7 Å². The van der Waals surface area contributed by atoms with E-state index in [-0.39, 0.29) is 0 Å². The molecule has 4 rings (SSSR count). The van der Waals surface area contributed by atoms with Crippen molar-refractivity contribution in [2.45, 2.75) is 26.2 Å². The molecule has 0 aliphatic heterocycles. The van der Waals surface area contributed by atoms with Gasteiger partial charge in [0.05, 0.1) is 17.8 Å². The molecule has 0 fully saturated rings. The van der Waals surface area contributed by atoms with E-state index in [1.54, 1.807) is 11.6 Å². The number of benzene rings is 1. The zero-order chi connectivity index (χ0) is 16.0. The van der Waals surface area contributed by atoms with E-state index in [0.717, 1.165) is 36.5 Å². The zero-order valence-corrected chi connectivity index (χ0v) is 13.7. The number of anilines is 2. The Morgan fingerprint density at radius 1 is 1.26 bits per heavy atom. The van der Waals surface area contributed by atoms with Crippen LogP contribution in [0.15, 0.2) is 18.2 Å². The molecule has 1 aromatic carbocycles. The number of hydrogen-bond donors (Lipinski definition) is 1. The van der Waals surface area contributed by atoms with Gasteiger partial charge in [-0.15, -0.1) is 5.10 Å². The summed E-state index contributed by atoms with van der Waals surface area (Å²) in [6, 6.07) is 5.62. The largest absolute Gasteiger partial charge is 0.495 e. The second-order valence-corrected chi connectivity index (χ2v) is 5.99. The van der Waals surface area contributed by atoms with Crippen LogP contribution in [0.2, 0.25) is 5.02 Å². The molecule has 2 heterocycles. The molecule has 23 heavy (non-hydrogen) atoms. The van der Waals surface area contributed by atoms with Crippen LogP contribution in [0.3, 0.4) is 0 Å². The number of aromatic nitrogens is 4. The highest BCUT2D eigenvalue weighted by molar-refractivity contribution is 6.32. The molecule has 0 atom stereocenters. The SMILES string of the molecule is COc1ccc(Nc2c3c(nc4nc(C)nn24)CCC3)cc1Cl. The lowest BCUT2D eigenvalue weighted by atomic mass is 10.2. The summed E-state index contributed by atoms with van der Waals surface area (Å²) >= 11 is 6.22. The fourth-order valence-corrected chi connectivity index (χ4v) is 3.25. The molecule has 0 radical (unpaired) electrons. The molecule has 118 valence electrons. The lowest BCUT2D eigenvalue weighted by Crippen LogP contribution is -2.07. The van der Waals surface area contributed by atoms with E-state index in [0.29, 0.717) is 22.4 Å². The first-order chi connectivity index (χ1) is 11.2. The van der Waals surface area contributed by atoms with E-state index in [1.165, 1.54) is 5.56 Å². The highest BCUT2D eigenvalue weighted by Gasteiger charge is 2.21. The second kappa shape index (κ2) is 5.38. The summed E-state index contributed by atoms with van der Waals surface area (Å²) in [6.45, 7) is 1.87. The first-order valence-corrected chi connectivity index (χ1v) is 7.89. The Morgan fingerprint density at radius 2 is 2.13 bits per heavy atom. The van der Waals surface area contributed by atoms with Gasteiger partial charge in [-0.3, -0.25) is 0 Å². The van der Waals surface area contributed by atoms with E-state index in [2.05, 4.69) is 20.4 Å². The molecular formula is C16H16ClN5O. The first kappa shape index (κ1) is 14.3. The maximum Gasteiger partial charge on any atom is 0.254 e. The van der Waals surface area contributed by atoms with Gasteiger partial charge in [0.15, 0.2) is 0 Å². The Balaban J connectivity index is 1.83. The second-order valence-electron chi connectivity index (χ2n) is 5.58. The van der Waals surface area contributed by atoms with Crippen LogP contribution in [0, 0.1) is 6.92 Å². The van der Waals surface area contributed by atoms with Crippen LogP contribution in [-0.2, 0) is 12.8 Å². The number of fused-ring (bicyclic) bond motifs is 2. The number of halogens is 1. The number of methoxy groups -OCH3 is 1. The highest BCUT2D eigenvalue weighted by atomic mass is 35.5. The third kappa shape index (κ3) is 2.39. The summed E-state index contributed by atoms with van der Waals surface area (Å²) < 4.78 is 6.98. The standard InChI is InChI=1S/C16H16ClN5O/c1-9-18-16-20-13-5-3-4-11(13)15(22(16)21-9)19-10-6-7-14(23-2)12(17)8-10/h6-8,19H,3-5H2,1-2H3. The molecule has 0 saturated heterocycles. The summed E-state index contributed by atoms with van der Waals surface area (Å²) in [4.78, 5) is 9.02. The van der Waals surface area contributed by atoms with Gasteiger partial charge in [0.2, 0.25) is 0 Å². The highest BCUT2D eigenvalue weighted by Crippen LogP contribution is 2.33. The topological polar surface area (TPSA) is 64.3 Å². The smallest absolute Gasteiger partial charge is 0.254 e. The molecule has 1 aliphatic rings. The number of nitrogens with zero attached hydrogens (tertiary/aromatic N) is 4. The number of rotatable bonds is 3. The third-order valence-electron chi connectivity index (χ3n) is 4.03. The number of hydrogen-bond acceptors (Lipinski definition) is 5. The Hall–Kier alpha value is -2.34. The van der Waals surface area contributed by atoms with Crippen molar-refractivity contribution in [1.29, 1.82) is 0 Å². The first-order valence-electron chi connectivity index (χ1n) is 7.51. The maximum atomic E-state index is 6.22. The summed E-state index contributed by atoms with van der Waals surface area (Å²) in [6.07, 6.45) is 3.08. The lowest BCUT2D eigenvalue weighted by molar-refractivity contribution is 0.415. The Kier molecular flexibility index (Phi) is 3.34. The molecule has 1 N–H and O–H groups in total. The van der Waals surface area contributed by atoms with Crippen LogP contribution < -0.4 is 10.1 Å². The molecule has 0 amide bonds.